The molecule has 0 aliphatic heterocycles. The molecule has 13 heavy (non-hydrogen) atoms. The summed E-state index contributed by atoms with van der Waals surface area (Å²) in [7, 11) is 0. The molecule has 72 valence electrons. The van der Waals surface area contributed by atoms with Crippen molar-refractivity contribution in [2.75, 3.05) is 5.21 Å². The molecule has 0 saturated carbocycles. The van der Waals surface area contributed by atoms with E-state index in [2.05, 4.69) is 38.1 Å². The van der Waals surface area contributed by atoms with E-state index in [0.717, 1.165) is 6.42 Å². The lowest BCUT2D eigenvalue weighted by atomic mass is 9.98. The Morgan fingerprint density at radius 3 is 2.38 bits per heavy atom. The van der Waals surface area contributed by atoms with Gasteiger partial charge in [0.15, 0.2) is 0 Å². The van der Waals surface area contributed by atoms with Gasteiger partial charge in [-0.3, -0.25) is 0 Å². The van der Waals surface area contributed by atoms with Gasteiger partial charge in [0, 0.05) is 4.75 Å². The zero-order valence-electron chi connectivity index (χ0n) is 8.09. The number of halogens is 1. The van der Waals surface area contributed by atoms with Crippen molar-refractivity contribution in [3.8, 4) is 0 Å². The molecule has 1 rings (SSSR count). The fourth-order valence-corrected chi connectivity index (χ4v) is 2.77. The van der Waals surface area contributed by atoms with Crippen molar-refractivity contribution < 1.29 is 0 Å². The van der Waals surface area contributed by atoms with E-state index in [-0.39, 0.29) is 4.75 Å². The van der Waals surface area contributed by atoms with Crippen LogP contribution >= 0.6 is 23.4 Å². The second-order valence-electron chi connectivity index (χ2n) is 3.20. The van der Waals surface area contributed by atoms with Crippen LogP contribution in [0.5, 0.6) is 0 Å². The van der Waals surface area contributed by atoms with Gasteiger partial charge in [0.05, 0.1) is 5.21 Å². The molecule has 0 aromatic heterocycles. The highest BCUT2D eigenvalue weighted by Crippen LogP contribution is 2.39. The maximum atomic E-state index is 5.78. The summed E-state index contributed by atoms with van der Waals surface area (Å²) >= 11 is 7.57. The number of benzene rings is 1. The van der Waals surface area contributed by atoms with E-state index in [1.807, 2.05) is 6.07 Å². The summed E-state index contributed by atoms with van der Waals surface area (Å²) < 4.78 is 0.170. The second-order valence-corrected chi connectivity index (χ2v) is 5.27. The van der Waals surface area contributed by atoms with Gasteiger partial charge in [-0.15, -0.1) is 23.4 Å². The van der Waals surface area contributed by atoms with Crippen LogP contribution in [0.3, 0.4) is 0 Å². The SMILES string of the molecule is CCC(C)(SCCl)c1ccccc1. The fraction of sp³-hybridized carbons (Fsp3) is 0.455. The highest BCUT2D eigenvalue weighted by molar-refractivity contribution is 8.01. The van der Waals surface area contributed by atoms with E-state index < -0.39 is 0 Å². The van der Waals surface area contributed by atoms with Gasteiger partial charge in [-0.05, 0) is 18.9 Å². The Kier molecular flexibility index (Phi) is 4.14. The van der Waals surface area contributed by atoms with Crippen LogP contribution in [0.4, 0.5) is 0 Å². The van der Waals surface area contributed by atoms with Crippen LogP contribution in [0.15, 0.2) is 30.3 Å². The standard InChI is InChI=1S/C11H15ClS/c1-3-11(2,13-9-12)10-7-5-4-6-8-10/h4-8H,3,9H2,1-2H3. The van der Waals surface area contributed by atoms with Crippen LogP contribution in [0.1, 0.15) is 25.8 Å². The number of alkyl halides is 1. The minimum absolute atomic E-state index is 0.170. The minimum Gasteiger partial charge on any atom is -0.134 e. The highest BCUT2D eigenvalue weighted by Gasteiger charge is 2.23. The van der Waals surface area contributed by atoms with Crippen LogP contribution < -0.4 is 0 Å². The lowest BCUT2D eigenvalue weighted by Crippen LogP contribution is -2.15. The molecule has 0 aliphatic carbocycles. The van der Waals surface area contributed by atoms with Crippen molar-refractivity contribution in [1.82, 2.24) is 0 Å². The molecule has 2 heteroatoms. The second kappa shape index (κ2) is 4.92. The van der Waals surface area contributed by atoms with Crippen molar-refractivity contribution in [1.29, 1.82) is 0 Å². The van der Waals surface area contributed by atoms with Gasteiger partial charge in [-0.1, -0.05) is 37.3 Å². The number of thioether (sulfide) groups is 1. The molecule has 0 amide bonds. The summed E-state index contributed by atoms with van der Waals surface area (Å²) in [6.45, 7) is 4.45. The lowest BCUT2D eigenvalue weighted by Gasteiger charge is -2.27. The quantitative estimate of drug-likeness (QED) is 0.676. The van der Waals surface area contributed by atoms with Crippen molar-refractivity contribution in [3.63, 3.8) is 0 Å². The van der Waals surface area contributed by atoms with Gasteiger partial charge in [-0.2, -0.15) is 0 Å². The highest BCUT2D eigenvalue weighted by atomic mass is 35.5. The number of rotatable bonds is 4. The molecule has 1 aromatic carbocycles. The Hall–Kier alpha value is -0.140. The molecule has 0 aliphatic rings. The van der Waals surface area contributed by atoms with Gasteiger partial charge in [0.2, 0.25) is 0 Å². The molecule has 0 nitrogen and oxygen atoms in total. The van der Waals surface area contributed by atoms with E-state index >= 15 is 0 Å². The molecule has 1 aromatic rings. The van der Waals surface area contributed by atoms with Gasteiger partial charge in [-0.25, -0.2) is 0 Å². The normalized spacial score (nSPS) is 15.3. The molecule has 1 atom stereocenters. The maximum Gasteiger partial charge on any atom is 0.0689 e. The predicted octanol–water partition coefficient (Wildman–Crippen LogP) is 4.24. The molecular weight excluding hydrogens is 200 g/mol. The smallest absolute Gasteiger partial charge is 0.0689 e. The van der Waals surface area contributed by atoms with Crippen LogP contribution in [-0.4, -0.2) is 5.21 Å². The zero-order chi connectivity index (χ0) is 9.73. The molecule has 0 radical (unpaired) electrons. The van der Waals surface area contributed by atoms with Gasteiger partial charge in [0.25, 0.3) is 0 Å². The van der Waals surface area contributed by atoms with E-state index in [1.54, 1.807) is 11.8 Å². The van der Waals surface area contributed by atoms with Crippen LogP contribution in [-0.2, 0) is 4.75 Å². The molecule has 0 N–H and O–H groups in total. The first-order valence-corrected chi connectivity index (χ1v) is 6.00. The maximum absolute atomic E-state index is 5.78. The average molecular weight is 215 g/mol. The molecular formula is C11H15ClS. The Labute approximate surface area is 89.7 Å². The summed E-state index contributed by atoms with van der Waals surface area (Å²) in [4.78, 5) is 0. The fourth-order valence-electron chi connectivity index (χ4n) is 1.30. The Morgan fingerprint density at radius 1 is 1.31 bits per heavy atom. The molecule has 0 bridgehead atoms. The molecule has 0 heterocycles. The minimum atomic E-state index is 0.170. The van der Waals surface area contributed by atoms with Crippen molar-refractivity contribution in [3.05, 3.63) is 35.9 Å². The van der Waals surface area contributed by atoms with Crippen molar-refractivity contribution in [2.45, 2.75) is 25.0 Å². The third kappa shape index (κ3) is 2.65. The first kappa shape index (κ1) is 10.9. The van der Waals surface area contributed by atoms with Gasteiger partial charge in [0.1, 0.15) is 0 Å². The Balaban J connectivity index is 2.89. The van der Waals surface area contributed by atoms with E-state index in [9.17, 15) is 0 Å². The monoisotopic (exact) mass is 214 g/mol. The van der Waals surface area contributed by atoms with Gasteiger partial charge < -0.3 is 0 Å². The van der Waals surface area contributed by atoms with E-state index in [0.29, 0.717) is 5.21 Å². The summed E-state index contributed by atoms with van der Waals surface area (Å²) in [5.74, 6) is 0. The van der Waals surface area contributed by atoms with E-state index in [4.69, 9.17) is 11.6 Å². The number of hydrogen-bond donors (Lipinski definition) is 0. The molecule has 0 saturated heterocycles. The first-order valence-electron chi connectivity index (χ1n) is 4.48. The third-order valence-corrected chi connectivity index (χ3v) is 4.03. The first-order chi connectivity index (χ1) is 6.23. The number of hydrogen-bond acceptors (Lipinski definition) is 1. The van der Waals surface area contributed by atoms with Gasteiger partial charge >= 0.3 is 0 Å². The summed E-state index contributed by atoms with van der Waals surface area (Å²) in [5.41, 5.74) is 1.36. The zero-order valence-corrected chi connectivity index (χ0v) is 9.66. The Bertz CT molecular complexity index is 248. The largest absolute Gasteiger partial charge is 0.134 e. The van der Waals surface area contributed by atoms with Crippen molar-refractivity contribution in [2.24, 2.45) is 0 Å². The average Bonchev–Trinajstić information content (AvgIpc) is 2.19. The van der Waals surface area contributed by atoms with Crippen LogP contribution in [0, 0.1) is 0 Å². The third-order valence-electron chi connectivity index (χ3n) is 2.43. The Morgan fingerprint density at radius 2 is 1.92 bits per heavy atom. The summed E-state index contributed by atoms with van der Waals surface area (Å²) in [6.07, 6.45) is 1.11. The molecule has 0 spiro atoms. The molecule has 1 unspecified atom stereocenters. The lowest BCUT2D eigenvalue weighted by molar-refractivity contribution is 0.666. The molecule has 0 fully saturated rings. The topological polar surface area (TPSA) is 0 Å². The van der Waals surface area contributed by atoms with Crippen LogP contribution in [0.25, 0.3) is 0 Å². The van der Waals surface area contributed by atoms with E-state index in [1.165, 1.54) is 5.56 Å². The predicted molar refractivity (Wildman–Crippen MR) is 62.4 cm³/mol. The summed E-state index contributed by atoms with van der Waals surface area (Å²) in [6, 6.07) is 10.5. The van der Waals surface area contributed by atoms with Crippen molar-refractivity contribution >= 4 is 23.4 Å². The summed E-state index contributed by atoms with van der Waals surface area (Å²) in [5, 5.41) is 0.652. The van der Waals surface area contributed by atoms with Crippen LogP contribution in [0.2, 0.25) is 0 Å².